The van der Waals surface area contributed by atoms with Gasteiger partial charge >= 0.3 is 5.97 Å². The van der Waals surface area contributed by atoms with Crippen LogP contribution in [0.3, 0.4) is 0 Å². The highest BCUT2D eigenvalue weighted by molar-refractivity contribution is 5.99. The molecule has 1 aromatic rings. The number of nitrogens with two attached hydrogens (primary N) is 1. The molecular weight excluding hydrogens is 262 g/mol. The maximum Gasteiger partial charge on any atom is 0.335 e. The average Bonchev–Trinajstić information content (AvgIpc) is 2.77. The molecule has 8 heteroatoms. The maximum atomic E-state index is 11.9. The first-order chi connectivity index (χ1) is 9.52. The fraction of sp³-hybridized carbons (Fsp3) is 0.333. The molecule has 0 saturated carbocycles. The number of hydrogen-bond donors (Lipinski definition) is 2. The summed E-state index contributed by atoms with van der Waals surface area (Å²) in [6, 6.07) is 4.25. The molecule has 1 heterocycles. The average molecular weight is 275 g/mol. The second-order valence-electron chi connectivity index (χ2n) is 4.57. The quantitative estimate of drug-likeness (QED) is 0.374. The van der Waals surface area contributed by atoms with Crippen molar-refractivity contribution in [2.24, 2.45) is 11.0 Å². The van der Waals surface area contributed by atoms with Gasteiger partial charge in [0.1, 0.15) is 0 Å². The first-order valence-electron chi connectivity index (χ1n) is 5.97. The Morgan fingerprint density at radius 1 is 1.60 bits per heavy atom. The minimum Gasteiger partial charge on any atom is -0.478 e. The van der Waals surface area contributed by atoms with Crippen LogP contribution >= 0.6 is 0 Å². The molecule has 20 heavy (non-hydrogen) atoms. The summed E-state index contributed by atoms with van der Waals surface area (Å²) in [5.74, 6) is -1.23. The normalized spacial score (nSPS) is 17.9. The van der Waals surface area contributed by atoms with Gasteiger partial charge in [0.25, 0.3) is 0 Å². The molecule has 1 aliphatic heterocycles. The Hall–Kier alpha value is -2.73. The summed E-state index contributed by atoms with van der Waals surface area (Å²) in [6.07, 6.45) is 0.291. The van der Waals surface area contributed by atoms with Gasteiger partial charge in [0.15, 0.2) is 0 Å². The van der Waals surface area contributed by atoms with E-state index < -0.39 is 5.97 Å². The van der Waals surface area contributed by atoms with E-state index in [4.69, 9.17) is 16.4 Å². The lowest BCUT2D eigenvalue weighted by molar-refractivity contribution is -0.117. The van der Waals surface area contributed by atoms with E-state index in [0.29, 0.717) is 18.7 Å². The van der Waals surface area contributed by atoms with E-state index in [9.17, 15) is 9.59 Å². The topological polar surface area (TPSA) is 132 Å². The van der Waals surface area contributed by atoms with Gasteiger partial charge in [-0.05, 0) is 29.6 Å². The van der Waals surface area contributed by atoms with Crippen molar-refractivity contribution in [1.82, 2.24) is 0 Å². The Kier molecular flexibility index (Phi) is 3.76. The molecule has 1 amide bonds. The van der Waals surface area contributed by atoms with Crippen LogP contribution in [0, 0.1) is 5.92 Å². The van der Waals surface area contributed by atoms with Crippen LogP contribution < -0.4 is 10.6 Å². The third-order valence-electron chi connectivity index (χ3n) is 3.17. The number of benzene rings is 1. The minimum atomic E-state index is -1.07. The number of carbonyl (C=O) groups is 2. The third kappa shape index (κ3) is 2.65. The van der Waals surface area contributed by atoms with Crippen LogP contribution in [-0.4, -0.2) is 30.1 Å². The van der Waals surface area contributed by atoms with Crippen molar-refractivity contribution in [3.8, 4) is 0 Å². The standard InChI is InChI=1S/C12H13N5O3/c13-9-4-8(12(19)20)1-2-10(9)17-6-7(3-11(17)18)5-15-16-14/h1-2,4,7H,3,5-6,13H2,(H,19,20). The Bertz CT molecular complexity index is 609. The van der Waals surface area contributed by atoms with E-state index >= 15 is 0 Å². The molecule has 0 spiro atoms. The molecule has 1 aliphatic rings. The second-order valence-corrected chi connectivity index (χ2v) is 4.57. The van der Waals surface area contributed by atoms with E-state index in [1.807, 2.05) is 0 Å². The number of nitrogens with zero attached hydrogens (tertiary/aromatic N) is 4. The van der Waals surface area contributed by atoms with Crippen LogP contribution in [0.25, 0.3) is 10.4 Å². The minimum absolute atomic E-state index is 0.0445. The summed E-state index contributed by atoms with van der Waals surface area (Å²) >= 11 is 0. The largest absolute Gasteiger partial charge is 0.478 e. The van der Waals surface area contributed by atoms with Crippen molar-refractivity contribution in [2.45, 2.75) is 6.42 Å². The van der Waals surface area contributed by atoms with E-state index in [1.54, 1.807) is 0 Å². The molecule has 104 valence electrons. The summed E-state index contributed by atoms with van der Waals surface area (Å²) < 4.78 is 0. The van der Waals surface area contributed by atoms with E-state index in [2.05, 4.69) is 10.0 Å². The zero-order chi connectivity index (χ0) is 14.7. The summed E-state index contributed by atoms with van der Waals surface area (Å²) in [4.78, 5) is 27.0. The second kappa shape index (κ2) is 5.50. The van der Waals surface area contributed by atoms with Crippen molar-refractivity contribution in [3.05, 3.63) is 34.2 Å². The fourth-order valence-electron chi connectivity index (χ4n) is 2.22. The summed E-state index contributed by atoms with van der Waals surface area (Å²) in [6.45, 7) is 0.667. The molecule has 2 rings (SSSR count). The van der Waals surface area contributed by atoms with Gasteiger partial charge in [0.2, 0.25) is 5.91 Å². The number of amides is 1. The number of rotatable bonds is 4. The first-order valence-corrected chi connectivity index (χ1v) is 5.97. The van der Waals surface area contributed by atoms with Crippen LogP contribution in [0.1, 0.15) is 16.8 Å². The molecular formula is C12H13N5O3. The maximum absolute atomic E-state index is 11.9. The fourth-order valence-corrected chi connectivity index (χ4v) is 2.22. The summed E-state index contributed by atoms with van der Waals surface area (Å²) in [7, 11) is 0. The number of carbonyl (C=O) groups excluding carboxylic acids is 1. The number of carboxylic acids is 1. The number of anilines is 2. The Balaban J connectivity index is 2.21. The third-order valence-corrected chi connectivity index (χ3v) is 3.17. The van der Waals surface area contributed by atoms with E-state index in [0.717, 1.165) is 0 Å². The van der Waals surface area contributed by atoms with Crippen LogP contribution in [0.15, 0.2) is 23.3 Å². The predicted octanol–water partition coefficient (Wildman–Crippen LogP) is 1.63. The number of nitrogen functional groups attached to an aromatic ring is 1. The number of azide groups is 1. The molecule has 0 aliphatic carbocycles. The van der Waals surface area contributed by atoms with Crippen molar-refractivity contribution in [1.29, 1.82) is 0 Å². The van der Waals surface area contributed by atoms with Gasteiger partial charge in [0.05, 0.1) is 16.9 Å². The molecule has 0 aromatic heterocycles. The van der Waals surface area contributed by atoms with Gasteiger partial charge in [-0.3, -0.25) is 4.79 Å². The molecule has 0 radical (unpaired) electrons. The van der Waals surface area contributed by atoms with Crippen molar-refractivity contribution < 1.29 is 14.7 Å². The molecule has 0 bridgehead atoms. The molecule has 8 nitrogen and oxygen atoms in total. The number of aromatic carboxylic acids is 1. The highest BCUT2D eigenvalue weighted by Crippen LogP contribution is 2.30. The SMILES string of the molecule is [N-]=[N+]=NCC1CC(=O)N(c2ccc(C(=O)O)cc2N)C1. The lowest BCUT2D eigenvalue weighted by atomic mass is 10.1. The van der Waals surface area contributed by atoms with Gasteiger partial charge in [-0.1, -0.05) is 5.11 Å². The predicted molar refractivity (Wildman–Crippen MR) is 72.3 cm³/mol. The smallest absolute Gasteiger partial charge is 0.335 e. The molecule has 1 unspecified atom stereocenters. The zero-order valence-corrected chi connectivity index (χ0v) is 10.6. The highest BCUT2D eigenvalue weighted by atomic mass is 16.4. The van der Waals surface area contributed by atoms with Gasteiger partial charge in [-0.2, -0.15) is 0 Å². The van der Waals surface area contributed by atoms with Crippen molar-refractivity contribution >= 4 is 23.3 Å². The van der Waals surface area contributed by atoms with E-state index in [1.165, 1.54) is 23.1 Å². The highest BCUT2D eigenvalue weighted by Gasteiger charge is 2.31. The van der Waals surface area contributed by atoms with Crippen LogP contribution in [-0.2, 0) is 4.79 Å². The van der Waals surface area contributed by atoms with Gasteiger partial charge in [-0.15, -0.1) is 0 Å². The van der Waals surface area contributed by atoms with E-state index in [-0.39, 0.29) is 29.6 Å². The Morgan fingerprint density at radius 2 is 2.35 bits per heavy atom. The lowest BCUT2D eigenvalue weighted by Crippen LogP contribution is -2.25. The van der Waals surface area contributed by atoms with Gasteiger partial charge < -0.3 is 15.7 Å². The van der Waals surface area contributed by atoms with Gasteiger partial charge in [0, 0.05) is 24.4 Å². The van der Waals surface area contributed by atoms with Crippen LogP contribution in [0.2, 0.25) is 0 Å². The number of carboxylic acid groups (broad SMARTS) is 1. The molecule has 1 fully saturated rings. The zero-order valence-electron chi connectivity index (χ0n) is 10.6. The first kappa shape index (κ1) is 13.7. The van der Waals surface area contributed by atoms with Crippen molar-refractivity contribution in [3.63, 3.8) is 0 Å². The molecule has 3 N–H and O–H groups in total. The molecule has 1 atom stereocenters. The van der Waals surface area contributed by atoms with Crippen molar-refractivity contribution in [2.75, 3.05) is 23.7 Å². The van der Waals surface area contributed by atoms with Crippen LogP contribution in [0.5, 0.6) is 0 Å². The van der Waals surface area contributed by atoms with Gasteiger partial charge in [-0.25, -0.2) is 4.79 Å². The Morgan fingerprint density at radius 3 is 2.95 bits per heavy atom. The molecule has 1 saturated heterocycles. The summed E-state index contributed by atoms with van der Waals surface area (Å²) in [5.41, 5.74) is 14.9. The molecule has 1 aromatic carbocycles. The van der Waals surface area contributed by atoms with Crippen LogP contribution in [0.4, 0.5) is 11.4 Å². The lowest BCUT2D eigenvalue weighted by Gasteiger charge is -2.18. The number of hydrogen-bond acceptors (Lipinski definition) is 4. The summed E-state index contributed by atoms with van der Waals surface area (Å²) in [5, 5.41) is 12.3. The Labute approximate surface area is 114 Å². The monoisotopic (exact) mass is 275 g/mol.